The molecule has 0 bridgehead atoms. The van der Waals surface area contributed by atoms with Gasteiger partial charge in [0.2, 0.25) is 0 Å². The quantitative estimate of drug-likeness (QED) is 0.354. The Balaban J connectivity index is 1.73. The van der Waals surface area contributed by atoms with Crippen LogP contribution in [0.25, 0.3) is 49.8 Å². The molecule has 29 heavy (non-hydrogen) atoms. The van der Waals surface area contributed by atoms with E-state index in [0.29, 0.717) is 0 Å². The van der Waals surface area contributed by atoms with Crippen molar-refractivity contribution in [1.29, 1.82) is 0 Å². The summed E-state index contributed by atoms with van der Waals surface area (Å²) >= 11 is 0. The number of nitrogens with zero attached hydrogens (tertiary/aromatic N) is 3. The second-order valence-corrected chi connectivity index (χ2v) is 7.17. The summed E-state index contributed by atoms with van der Waals surface area (Å²) in [4.78, 5) is 4.98. The van der Waals surface area contributed by atoms with Crippen molar-refractivity contribution in [3.05, 3.63) is 103 Å². The van der Waals surface area contributed by atoms with E-state index in [1.54, 1.807) is 0 Å². The lowest BCUT2D eigenvalue weighted by atomic mass is 10.0. The summed E-state index contributed by atoms with van der Waals surface area (Å²) in [6.45, 7) is 0. The largest absolute Gasteiger partial charge is 0.248 e. The monoisotopic (exact) mass is 371 g/mol. The lowest BCUT2D eigenvalue weighted by Gasteiger charge is -2.06. The van der Waals surface area contributed by atoms with Crippen molar-refractivity contribution >= 4 is 27.3 Å². The minimum atomic E-state index is 0.938. The fourth-order valence-electron chi connectivity index (χ4n) is 4.01. The number of hydrogen-bond donors (Lipinski definition) is 0. The van der Waals surface area contributed by atoms with Gasteiger partial charge in [-0.1, -0.05) is 78.9 Å². The second kappa shape index (κ2) is 6.28. The third kappa shape index (κ3) is 2.52. The standard InChI is InChI=1S/C26H17N3/c1-2-10-20(11-3-1)26-25(22-16-14-18-8-4-6-12-21(18)27-22)24-17-15-19-9-5-7-13-23(19)29(24)28-26/h1-17H. The van der Waals surface area contributed by atoms with Gasteiger partial charge in [-0.2, -0.15) is 5.10 Å². The molecule has 0 N–H and O–H groups in total. The first-order valence-electron chi connectivity index (χ1n) is 9.70. The fraction of sp³-hybridized carbons (Fsp3) is 0. The Bertz CT molecular complexity index is 1500. The molecule has 0 radical (unpaired) electrons. The first-order valence-corrected chi connectivity index (χ1v) is 9.70. The van der Waals surface area contributed by atoms with Crippen LogP contribution >= 0.6 is 0 Å². The minimum Gasteiger partial charge on any atom is -0.248 e. The summed E-state index contributed by atoms with van der Waals surface area (Å²) in [5, 5.41) is 7.35. The highest BCUT2D eigenvalue weighted by molar-refractivity contribution is 5.96. The lowest BCUT2D eigenvalue weighted by Crippen LogP contribution is -1.90. The molecule has 136 valence electrons. The van der Waals surface area contributed by atoms with E-state index in [1.165, 1.54) is 5.39 Å². The third-order valence-corrected chi connectivity index (χ3v) is 5.41. The maximum Gasteiger partial charge on any atom is 0.103 e. The zero-order valence-corrected chi connectivity index (χ0v) is 15.7. The molecule has 3 nitrogen and oxygen atoms in total. The Kier molecular flexibility index (Phi) is 3.47. The van der Waals surface area contributed by atoms with Gasteiger partial charge in [0.1, 0.15) is 5.69 Å². The van der Waals surface area contributed by atoms with Crippen LogP contribution < -0.4 is 0 Å². The second-order valence-electron chi connectivity index (χ2n) is 7.17. The molecule has 6 aromatic rings. The molecule has 0 fully saturated rings. The smallest absolute Gasteiger partial charge is 0.103 e. The molecule has 0 atom stereocenters. The van der Waals surface area contributed by atoms with E-state index in [9.17, 15) is 0 Å². The Morgan fingerprint density at radius 2 is 1.28 bits per heavy atom. The molecule has 0 saturated heterocycles. The molecule has 3 heterocycles. The van der Waals surface area contributed by atoms with Crippen molar-refractivity contribution in [2.45, 2.75) is 0 Å². The van der Waals surface area contributed by atoms with Gasteiger partial charge in [0.15, 0.2) is 0 Å². The number of pyridine rings is 2. The summed E-state index contributed by atoms with van der Waals surface area (Å²) in [5.74, 6) is 0. The van der Waals surface area contributed by atoms with Gasteiger partial charge in [0.25, 0.3) is 0 Å². The number of fused-ring (bicyclic) bond motifs is 4. The average Bonchev–Trinajstić information content (AvgIpc) is 3.19. The lowest BCUT2D eigenvalue weighted by molar-refractivity contribution is 1.01. The van der Waals surface area contributed by atoms with Crippen LogP contribution in [-0.4, -0.2) is 14.6 Å². The molecule has 3 aromatic carbocycles. The van der Waals surface area contributed by atoms with Crippen molar-refractivity contribution in [3.63, 3.8) is 0 Å². The van der Waals surface area contributed by atoms with Crippen LogP contribution in [0.4, 0.5) is 0 Å². The van der Waals surface area contributed by atoms with Gasteiger partial charge in [0, 0.05) is 16.3 Å². The zero-order chi connectivity index (χ0) is 19.2. The number of hydrogen-bond acceptors (Lipinski definition) is 2. The zero-order valence-electron chi connectivity index (χ0n) is 15.7. The molecule has 0 saturated carbocycles. The summed E-state index contributed by atoms with van der Waals surface area (Å²) in [5.41, 5.74) is 7.18. The van der Waals surface area contributed by atoms with Crippen LogP contribution in [0.15, 0.2) is 103 Å². The molecular weight excluding hydrogens is 354 g/mol. The van der Waals surface area contributed by atoms with Crippen LogP contribution in [0.1, 0.15) is 0 Å². The molecule has 6 rings (SSSR count). The topological polar surface area (TPSA) is 30.2 Å². The first kappa shape index (κ1) is 16.0. The van der Waals surface area contributed by atoms with Gasteiger partial charge in [-0.3, -0.25) is 0 Å². The highest BCUT2D eigenvalue weighted by atomic mass is 15.2. The van der Waals surface area contributed by atoms with E-state index >= 15 is 0 Å². The predicted molar refractivity (Wildman–Crippen MR) is 119 cm³/mol. The van der Waals surface area contributed by atoms with Crippen LogP contribution in [0.3, 0.4) is 0 Å². The van der Waals surface area contributed by atoms with Gasteiger partial charge >= 0.3 is 0 Å². The number of rotatable bonds is 2. The van der Waals surface area contributed by atoms with Crippen molar-refractivity contribution in [2.24, 2.45) is 0 Å². The van der Waals surface area contributed by atoms with Gasteiger partial charge < -0.3 is 0 Å². The van der Waals surface area contributed by atoms with E-state index in [2.05, 4.69) is 84.9 Å². The molecule has 0 aliphatic heterocycles. The normalized spacial score (nSPS) is 11.4. The van der Waals surface area contributed by atoms with Crippen molar-refractivity contribution in [1.82, 2.24) is 14.6 Å². The van der Waals surface area contributed by atoms with Crippen LogP contribution in [0.5, 0.6) is 0 Å². The average molecular weight is 371 g/mol. The highest BCUT2D eigenvalue weighted by Gasteiger charge is 2.18. The summed E-state index contributed by atoms with van der Waals surface area (Å²) in [6, 6.07) is 35.4. The molecule has 0 aliphatic carbocycles. The summed E-state index contributed by atoms with van der Waals surface area (Å²) in [7, 11) is 0. The Morgan fingerprint density at radius 1 is 0.552 bits per heavy atom. The van der Waals surface area contributed by atoms with E-state index in [0.717, 1.165) is 44.5 Å². The van der Waals surface area contributed by atoms with Crippen LogP contribution in [0.2, 0.25) is 0 Å². The van der Waals surface area contributed by atoms with Crippen LogP contribution in [0, 0.1) is 0 Å². The summed E-state index contributed by atoms with van der Waals surface area (Å²) in [6.07, 6.45) is 0. The third-order valence-electron chi connectivity index (χ3n) is 5.41. The molecule has 3 heteroatoms. The van der Waals surface area contributed by atoms with Gasteiger partial charge in [-0.25, -0.2) is 9.50 Å². The molecule has 0 unspecified atom stereocenters. The number of benzene rings is 3. The van der Waals surface area contributed by atoms with Gasteiger partial charge in [0.05, 0.1) is 27.8 Å². The Morgan fingerprint density at radius 3 is 2.17 bits per heavy atom. The maximum absolute atomic E-state index is 5.04. The van der Waals surface area contributed by atoms with E-state index in [-0.39, 0.29) is 0 Å². The maximum atomic E-state index is 5.04. The van der Waals surface area contributed by atoms with E-state index < -0.39 is 0 Å². The van der Waals surface area contributed by atoms with Crippen LogP contribution in [-0.2, 0) is 0 Å². The Hall–Kier alpha value is -3.98. The SMILES string of the molecule is c1ccc(-c2nn3c(ccc4ccccc43)c2-c2ccc3ccccc3n2)cc1. The highest BCUT2D eigenvalue weighted by Crippen LogP contribution is 2.36. The van der Waals surface area contributed by atoms with Crippen molar-refractivity contribution < 1.29 is 0 Å². The predicted octanol–water partition coefficient (Wildman–Crippen LogP) is 6.37. The van der Waals surface area contributed by atoms with Gasteiger partial charge in [-0.15, -0.1) is 0 Å². The minimum absolute atomic E-state index is 0.938. The summed E-state index contributed by atoms with van der Waals surface area (Å²) < 4.78 is 2.05. The molecule has 0 aliphatic rings. The first-order chi connectivity index (χ1) is 14.4. The van der Waals surface area contributed by atoms with Crippen molar-refractivity contribution in [2.75, 3.05) is 0 Å². The van der Waals surface area contributed by atoms with Crippen molar-refractivity contribution in [3.8, 4) is 22.5 Å². The van der Waals surface area contributed by atoms with E-state index in [4.69, 9.17) is 10.1 Å². The fourth-order valence-corrected chi connectivity index (χ4v) is 4.01. The van der Waals surface area contributed by atoms with Gasteiger partial charge in [-0.05, 0) is 24.3 Å². The number of para-hydroxylation sites is 2. The Labute approximate surface area is 167 Å². The number of aromatic nitrogens is 3. The molecule has 3 aromatic heterocycles. The molecule has 0 spiro atoms. The van der Waals surface area contributed by atoms with E-state index in [1.807, 2.05) is 22.7 Å². The molecular formula is C26H17N3. The molecule has 0 amide bonds.